The molecule has 1 aromatic heterocycles. The van der Waals surface area contributed by atoms with Crippen LogP contribution in [0.2, 0.25) is 5.15 Å². The molecule has 5 heteroatoms. The zero-order chi connectivity index (χ0) is 16.2. The molecule has 0 bridgehead atoms. The Morgan fingerprint density at radius 2 is 1.83 bits per heavy atom. The molecule has 2 aromatic carbocycles. The smallest absolute Gasteiger partial charge is 0.137 e. The molecule has 0 saturated carbocycles. The second-order valence-electron chi connectivity index (χ2n) is 4.93. The minimum atomic E-state index is 0.201. The number of methoxy groups -OCH3 is 1. The van der Waals surface area contributed by atoms with Crippen molar-refractivity contribution in [1.82, 2.24) is 9.78 Å². The van der Waals surface area contributed by atoms with Crippen molar-refractivity contribution in [3.05, 3.63) is 65.3 Å². The molecule has 0 fully saturated rings. The third-order valence-electron chi connectivity index (χ3n) is 3.54. The van der Waals surface area contributed by atoms with Gasteiger partial charge in [0.25, 0.3) is 0 Å². The van der Waals surface area contributed by atoms with Gasteiger partial charge in [-0.3, -0.25) is 0 Å². The van der Waals surface area contributed by atoms with E-state index >= 15 is 0 Å². The fraction of sp³-hybridized carbons (Fsp3) is 0.111. The lowest BCUT2D eigenvalue weighted by atomic mass is 10.1. The average Bonchev–Trinajstić information content (AvgIpc) is 2.93. The number of hydrogen-bond acceptors (Lipinski definition) is 3. The van der Waals surface area contributed by atoms with E-state index in [0.29, 0.717) is 10.8 Å². The normalized spacial score (nSPS) is 10.3. The maximum Gasteiger partial charge on any atom is 0.137 e. The van der Waals surface area contributed by atoms with Crippen molar-refractivity contribution in [3.63, 3.8) is 0 Å². The maximum absolute atomic E-state index is 9.11. The van der Waals surface area contributed by atoms with Gasteiger partial charge in [-0.1, -0.05) is 29.8 Å². The molecule has 0 atom stereocenters. The molecule has 0 aliphatic rings. The lowest BCUT2D eigenvalue weighted by molar-refractivity contribution is 0.415. The van der Waals surface area contributed by atoms with Gasteiger partial charge in [-0.05, 0) is 36.4 Å². The highest BCUT2D eigenvalue weighted by molar-refractivity contribution is 6.31. The average molecular weight is 324 g/mol. The molecule has 0 amide bonds. The van der Waals surface area contributed by atoms with Crippen molar-refractivity contribution in [2.24, 2.45) is 0 Å². The van der Waals surface area contributed by atoms with Gasteiger partial charge in [-0.25, -0.2) is 4.68 Å². The Hall–Kier alpha value is -2.77. The van der Waals surface area contributed by atoms with Gasteiger partial charge in [0.2, 0.25) is 0 Å². The highest BCUT2D eigenvalue weighted by Crippen LogP contribution is 2.32. The van der Waals surface area contributed by atoms with E-state index in [1.165, 1.54) is 0 Å². The first-order valence-corrected chi connectivity index (χ1v) is 7.46. The molecule has 114 valence electrons. The first-order chi connectivity index (χ1) is 11.2. The monoisotopic (exact) mass is 323 g/mol. The highest BCUT2D eigenvalue weighted by Gasteiger charge is 2.18. The summed E-state index contributed by atoms with van der Waals surface area (Å²) in [5, 5.41) is 14.2. The summed E-state index contributed by atoms with van der Waals surface area (Å²) in [7, 11) is 1.62. The van der Waals surface area contributed by atoms with Gasteiger partial charge in [0.15, 0.2) is 0 Å². The standard InChI is InChI=1S/C18H14ClN3O/c1-23-15-9-7-13(8-10-15)17-16(11-12-20)18(19)22(21-17)14-5-3-2-4-6-14/h2-10H,11H2,1H3. The summed E-state index contributed by atoms with van der Waals surface area (Å²) in [6.07, 6.45) is 0.201. The molecule has 0 aliphatic carbocycles. The van der Waals surface area contributed by atoms with E-state index in [4.69, 9.17) is 21.6 Å². The molecule has 3 rings (SSSR count). The number of rotatable bonds is 4. The first kappa shape index (κ1) is 15.1. The molecule has 4 nitrogen and oxygen atoms in total. The maximum atomic E-state index is 9.11. The molecule has 0 saturated heterocycles. The van der Waals surface area contributed by atoms with Crippen LogP contribution in [-0.4, -0.2) is 16.9 Å². The largest absolute Gasteiger partial charge is 0.497 e. The van der Waals surface area contributed by atoms with Crippen LogP contribution in [0.4, 0.5) is 0 Å². The Bertz CT molecular complexity index is 848. The third kappa shape index (κ3) is 2.92. The SMILES string of the molecule is COc1ccc(-c2nn(-c3ccccc3)c(Cl)c2CC#N)cc1. The van der Waals surface area contributed by atoms with Crippen molar-refractivity contribution in [1.29, 1.82) is 5.26 Å². The van der Waals surface area contributed by atoms with Crippen LogP contribution in [0, 0.1) is 11.3 Å². The minimum Gasteiger partial charge on any atom is -0.497 e. The van der Waals surface area contributed by atoms with Crippen molar-refractivity contribution in [2.75, 3.05) is 7.11 Å². The molecule has 23 heavy (non-hydrogen) atoms. The summed E-state index contributed by atoms with van der Waals surface area (Å²) >= 11 is 6.48. The van der Waals surface area contributed by atoms with Crippen molar-refractivity contribution >= 4 is 11.6 Å². The van der Waals surface area contributed by atoms with Crippen LogP contribution in [0.25, 0.3) is 16.9 Å². The summed E-state index contributed by atoms with van der Waals surface area (Å²) in [5.74, 6) is 0.768. The molecule has 0 N–H and O–H groups in total. The van der Waals surface area contributed by atoms with Gasteiger partial charge in [0, 0.05) is 11.1 Å². The van der Waals surface area contributed by atoms with E-state index < -0.39 is 0 Å². The second-order valence-corrected chi connectivity index (χ2v) is 5.29. The molecular weight excluding hydrogens is 310 g/mol. The molecular formula is C18H14ClN3O. The summed E-state index contributed by atoms with van der Waals surface area (Å²) in [4.78, 5) is 0. The van der Waals surface area contributed by atoms with E-state index in [-0.39, 0.29) is 6.42 Å². The molecule has 0 unspecified atom stereocenters. The van der Waals surface area contributed by atoms with Gasteiger partial charge < -0.3 is 4.74 Å². The highest BCUT2D eigenvalue weighted by atomic mass is 35.5. The lowest BCUT2D eigenvalue weighted by Gasteiger charge is -2.02. The van der Waals surface area contributed by atoms with Crippen LogP contribution in [0.15, 0.2) is 54.6 Å². The number of nitriles is 1. The van der Waals surface area contributed by atoms with Crippen LogP contribution >= 0.6 is 11.6 Å². The van der Waals surface area contributed by atoms with Crippen molar-refractivity contribution in [2.45, 2.75) is 6.42 Å². The van der Waals surface area contributed by atoms with E-state index in [0.717, 1.165) is 22.6 Å². The van der Waals surface area contributed by atoms with Gasteiger partial charge >= 0.3 is 0 Å². The van der Waals surface area contributed by atoms with Gasteiger partial charge in [-0.15, -0.1) is 0 Å². The van der Waals surface area contributed by atoms with Gasteiger partial charge in [0.1, 0.15) is 10.9 Å². The zero-order valence-corrected chi connectivity index (χ0v) is 13.3. The predicted octanol–water partition coefficient (Wildman–Crippen LogP) is 4.27. The van der Waals surface area contributed by atoms with Gasteiger partial charge in [0.05, 0.1) is 31.0 Å². The molecule has 0 radical (unpaired) electrons. The fourth-order valence-electron chi connectivity index (χ4n) is 2.39. The van der Waals surface area contributed by atoms with Crippen molar-refractivity contribution in [3.8, 4) is 28.8 Å². The summed E-state index contributed by atoms with van der Waals surface area (Å²) in [6.45, 7) is 0. The van der Waals surface area contributed by atoms with E-state index in [1.807, 2.05) is 54.6 Å². The van der Waals surface area contributed by atoms with E-state index in [2.05, 4.69) is 11.2 Å². The molecule has 0 spiro atoms. The predicted molar refractivity (Wildman–Crippen MR) is 89.9 cm³/mol. The van der Waals surface area contributed by atoms with Crippen LogP contribution in [-0.2, 0) is 6.42 Å². The minimum absolute atomic E-state index is 0.201. The Kier molecular flexibility index (Phi) is 4.31. The van der Waals surface area contributed by atoms with E-state index in [9.17, 15) is 0 Å². The number of hydrogen-bond donors (Lipinski definition) is 0. The Labute approximate surface area is 139 Å². The van der Waals surface area contributed by atoms with Crippen LogP contribution in [0.1, 0.15) is 5.56 Å². The summed E-state index contributed by atoms with van der Waals surface area (Å²) in [6, 6.07) is 19.3. The van der Waals surface area contributed by atoms with E-state index in [1.54, 1.807) is 11.8 Å². The number of aromatic nitrogens is 2. The Morgan fingerprint density at radius 1 is 1.13 bits per heavy atom. The zero-order valence-electron chi connectivity index (χ0n) is 12.5. The third-order valence-corrected chi connectivity index (χ3v) is 3.93. The number of benzene rings is 2. The van der Waals surface area contributed by atoms with Crippen LogP contribution < -0.4 is 4.74 Å². The number of nitrogens with zero attached hydrogens (tertiary/aromatic N) is 3. The quantitative estimate of drug-likeness (QED) is 0.720. The Balaban J connectivity index is 2.14. The topological polar surface area (TPSA) is 50.8 Å². The summed E-state index contributed by atoms with van der Waals surface area (Å²) < 4.78 is 6.84. The summed E-state index contributed by atoms with van der Waals surface area (Å²) in [5.41, 5.74) is 3.19. The number of ether oxygens (including phenoxy) is 1. The first-order valence-electron chi connectivity index (χ1n) is 7.08. The van der Waals surface area contributed by atoms with Crippen molar-refractivity contribution < 1.29 is 4.74 Å². The van der Waals surface area contributed by atoms with Gasteiger partial charge in [-0.2, -0.15) is 10.4 Å². The fourth-order valence-corrected chi connectivity index (χ4v) is 2.68. The van der Waals surface area contributed by atoms with Crippen LogP contribution in [0.5, 0.6) is 5.75 Å². The molecule has 1 heterocycles. The number of halogens is 1. The van der Waals surface area contributed by atoms with Crippen LogP contribution in [0.3, 0.4) is 0 Å². The number of para-hydroxylation sites is 1. The molecule has 0 aliphatic heterocycles. The lowest BCUT2D eigenvalue weighted by Crippen LogP contribution is -1.96. The molecule has 3 aromatic rings. The Morgan fingerprint density at radius 3 is 2.43 bits per heavy atom. The second kappa shape index (κ2) is 6.55.